The fourth-order valence-electron chi connectivity index (χ4n) is 1.96. The van der Waals surface area contributed by atoms with Gasteiger partial charge in [0.25, 0.3) is 10.0 Å². The monoisotopic (exact) mass is 293 g/mol. The van der Waals surface area contributed by atoms with E-state index in [9.17, 15) is 8.42 Å². The van der Waals surface area contributed by atoms with Gasteiger partial charge >= 0.3 is 0 Å². The van der Waals surface area contributed by atoms with E-state index in [4.69, 9.17) is 11.6 Å². The SMILES string of the molecule is CC1CCN(S(=O)(=O)c2ccc(CCCl)s2)C1. The first kappa shape index (κ1) is 13.3. The molecule has 0 bridgehead atoms. The van der Waals surface area contributed by atoms with Crippen LogP contribution < -0.4 is 0 Å². The second-order valence-electron chi connectivity index (χ2n) is 4.42. The molecule has 0 saturated carbocycles. The maximum atomic E-state index is 12.3. The number of sulfonamides is 1. The third-order valence-electron chi connectivity index (χ3n) is 2.96. The molecule has 0 radical (unpaired) electrons. The molecule has 2 rings (SSSR count). The molecule has 6 heteroatoms. The fourth-order valence-corrected chi connectivity index (χ4v) is 5.36. The van der Waals surface area contributed by atoms with Gasteiger partial charge in [0.05, 0.1) is 0 Å². The molecular weight excluding hydrogens is 278 g/mol. The molecule has 0 spiro atoms. The third-order valence-corrected chi connectivity index (χ3v) is 6.63. The van der Waals surface area contributed by atoms with E-state index < -0.39 is 10.0 Å². The molecule has 1 saturated heterocycles. The molecule has 1 atom stereocenters. The summed E-state index contributed by atoms with van der Waals surface area (Å²) in [6.45, 7) is 3.38. The molecule has 1 fully saturated rings. The Morgan fingerprint density at radius 2 is 2.29 bits per heavy atom. The van der Waals surface area contributed by atoms with Gasteiger partial charge in [-0.05, 0) is 30.9 Å². The average Bonchev–Trinajstić information content (AvgIpc) is 2.88. The highest BCUT2D eigenvalue weighted by Crippen LogP contribution is 2.29. The molecule has 0 aliphatic carbocycles. The highest BCUT2D eigenvalue weighted by atomic mass is 35.5. The Labute approximate surface area is 111 Å². The normalized spacial score (nSPS) is 22.1. The van der Waals surface area contributed by atoms with Crippen molar-refractivity contribution in [3.05, 3.63) is 17.0 Å². The van der Waals surface area contributed by atoms with E-state index in [2.05, 4.69) is 6.92 Å². The van der Waals surface area contributed by atoms with E-state index >= 15 is 0 Å². The summed E-state index contributed by atoms with van der Waals surface area (Å²) < 4.78 is 26.6. The minimum Gasteiger partial charge on any atom is -0.206 e. The minimum atomic E-state index is -3.26. The van der Waals surface area contributed by atoms with Crippen LogP contribution in [-0.2, 0) is 16.4 Å². The minimum absolute atomic E-state index is 0.451. The first-order chi connectivity index (χ1) is 8.04. The topological polar surface area (TPSA) is 37.4 Å². The Hall–Kier alpha value is -0.100. The smallest absolute Gasteiger partial charge is 0.206 e. The van der Waals surface area contributed by atoms with Crippen molar-refractivity contribution in [3.8, 4) is 0 Å². The van der Waals surface area contributed by atoms with Crippen molar-refractivity contribution in [2.24, 2.45) is 5.92 Å². The van der Waals surface area contributed by atoms with Crippen molar-refractivity contribution in [1.82, 2.24) is 4.31 Å². The molecule has 0 N–H and O–H groups in total. The lowest BCUT2D eigenvalue weighted by atomic mass is 10.2. The summed E-state index contributed by atoms with van der Waals surface area (Å²) in [4.78, 5) is 1.03. The van der Waals surface area contributed by atoms with Crippen LogP contribution >= 0.6 is 22.9 Å². The van der Waals surface area contributed by atoms with Gasteiger partial charge in [0.2, 0.25) is 0 Å². The largest absolute Gasteiger partial charge is 0.252 e. The highest BCUT2D eigenvalue weighted by Gasteiger charge is 2.31. The van der Waals surface area contributed by atoms with E-state index in [0.717, 1.165) is 17.7 Å². The lowest BCUT2D eigenvalue weighted by Crippen LogP contribution is -2.27. The van der Waals surface area contributed by atoms with Gasteiger partial charge in [-0.2, -0.15) is 4.31 Å². The summed E-state index contributed by atoms with van der Waals surface area (Å²) in [5.74, 6) is 0.993. The molecule has 0 aromatic carbocycles. The van der Waals surface area contributed by atoms with E-state index in [0.29, 0.717) is 29.1 Å². The van der Waals surface area contributed by atoms with Crippen molar-refractivity contribution in [3.63, 3.8) is 0 Å². The van der Waals surface area contributed by atoms with Crippen molar-refractivity contribution in [2.45, 2.75) is 24.0 Å². The van der Waals surface area contributed by atoms with Crippen LogP contribution in [-0.4, -0.2) is 31.7 Å². The van der Waals surface area contributed by atoms with Crippen molar-refractivity contribution < 1.29 is 8.42 Å². The molecule has 0 amide bonds. The first-order valence-electron chi connectivity index (χ1n) is 5.69. The van der Waals surface area contributed by atoms with Gasteiger partial charge in [0.1, 0.15) is 4.21 Å². The molecule has 1 aliphatic rings. The van der Waals surface area contributed by atoms with Crippen LogP contribution in [0.25, 0.3) is 0 Å². The van der Waals surface area contributed by atoms with Gasteiger partial charge in [-0.3, -0.25) is 0 Å². The van der Waals surface area contributed by atoms with Crippen LogP contribution in [0.1, 0.15) is 18.2 Å². The molecule has 1 aromatic heterocycles. The van der Waals surface area contributed by atoms with Gasteiger partial charge in [-0.1, -0.05) is 6.92 Å². The van der Waals surface area contributed by atoms with E-state index in [1.54, 1.807) is 10.4 Å². The van der Waals surface area contributed by atoms with E-state index in [1.165, 1.54) is 11.3 Å². The zero-order chi connectivity index (χ0) is 12.5. The van der Waals surface area contributed by atoms with Crippen LogP contribution in [0.2, 0.25) is 0 Å². The van der Waals surface area contributed by atoms with Crippen LogP contribution in [0.4, 0.5) is 0 Å². The van der Waals surface area contributed by atoms with Crippen LogP contribution in [0, 0.1) is 5.92 Å². The summed E-state index contributed by atoms with van der Waals surface area (Å²) in [5, 5.41) is 0. The van der Waals surface area contributed by atoms with Crippen LogP contribution in [0.15, 0.2) is 16.3 Å². The first-order valence-corrected chi connectivity index (χ1v) is 8.48. The molecule has 96 valence electrons. The number of hydrogen-bond acceptors (Lipinski definition) is 3. The summed E-state index contributed by atoms with van der Waals surface area (Å²) in [7, 11) is -3.26. The summed E-state index contributed by atoms with van der Waals surface area (Å²) >= 11 is 6.99. The quantitative estimate of drug-likeness (QED) is 0.800. The lowest BCUT2D eigenvalue weighted by Gasteiger charge is -2.14. The number of thiophene rings is 1. The van der Waals surface area contributed by atoms with E-state index in [-0.39, 0.29) is 0 Å². The molecule has 1 aliphatic heterocycles. The number of hydrogen-bond donors (Lipinski definition) is 0. The van der Waals surface area contributed by atoms with Crippen molar-refractivity contribution in [1.29, 1.82) is 0 Å². The van der Waals surface area contributed by atoms with Gasteiger partial charge < -0.3 is 0 Å². The second kappa shape index (κ2) is 5.26. The lowest BCUT2D eigenvalue weighted by molar-refractivity contribution is 0.466. The number of rotatable bonds is 4. The predicted octanol–water partition coefficient (Wildman–Crippen LogP) is 2.56. The summed E-state index contributed by atoms with van der Waals surface area (Å²) in [6.07, 6.45) is 1.69. The zero-order valence-corrected chi connectivity index (χ0v) is 12.1. The molecule has 17 heavy (non-hydrogen) atoms. The maximum Gasteiger partial charge on any atom is 0.252 e. The maximum absolute atomic E-state index is 12.3. The predicted molar refractivity (Wildman–Crippen MR) is 71.3 cm³/mol. The molecular formula is C11H16ClNO2S2. The molecule has 2 heterocycles. The van der Waals surface area contributed by atoms with Gasteiger partial charge in [-0.25, -0.2) is 8.42 Å². The van der Waals surface area contributed by atoms with Gasteiger partial charge in [0, 0.05) is 23.8 Å². The highest BCUT2D eigenvalue weighted by molar-refractivity contribution is 7.91. The molecule has 1 unspecified atom stereocenters. The molecule has 1 aromatic rings. The third kappa shape index (κ3) is 2.84. The number of aryl methyl sites for hydroxylation is 1. The van der Waals surface area contributed by atoms with E-state index in [1.807, 2.05) is 6.07 Å². The van der Waals surface area contributed by atoms with Crippen molar-refractivity contribution in [2.75, 3.05) is 19.0 Å². The molecule has 3 nitrogen and oxygen atoms in total. The Balaban J connectivity index is 2.19. The number of nitrogens with zero attached hydrogens (tertiary/aromatic N) is 1. The Kier molecular flexibility index (Phi) is 4.13. The van der Waals surface area contributed by atoms with Gasteiger partial charge in [0.15, 0.2) is 0 Å². The van der Waals surface area contributed by atoms with Crippen molar-refractivity contribution >= 4 is 33.0 Å². The van der Waals surface area contributed by atoms with Crippen LogP contribution in [0.5, 0.6) is 0 Å². The summed E-state index contributed by atoms with van der Waals surface area (Å²) in [6, 6.07) is 3.56. The average molecular weight is 294 g/mol. The Morgan fingerprint density at radius 1 is 1.53 bits per heavy atom. The van der Waals surface area contributed by atoms with Crippen LogP contribution in [0.3, 0.4) is 0 Å². The number of halogens is 1. The number of alkyl halides is 1. The second-order valence-corrected chi connectivity index (χ2v) is 8.13. The van der Waals surface area contributed by atoms with Gasteiger partial charge in [-0.15, -0.1) is 22.9 Å². The standard InChI is InChI=1S/C11H16ClNO2S2/c1-9-5-7-13(8-9)17(14,15)11-3-2-10(16-11)4-6-12/h2-3,9H,4-8H2,1H3. The zero-order valence-electron chi connectivity index (χ0n) is 9.73. The fraction of sp³-hybridized carbons (Fsp3) is 0.636. The summed E-state index contributed by atoms with van der Waals surface area (Å²) in [5.41, 5.74) is 0. The Morgan fingerprint density at radius 3 is 2.88 bits per heavy atom. The Bertz CT molecular complexity index is 483.